The zero-order chi connectivity index (χ0) is 17.0. The third kappa shape index (κ3) is 4.84. The maximum absolute atomic E-state index is 11.9. The maximum atomic E-state index is 11.9. The van der Waals surface area contributed by atoms with E-state index in [0.29, 0.717) is 0 Å². The molecule has 1 aliphatic heterocycles. The van der Waals surface area contributed by atoms with Gasteiger partial charge in [-0.25, -0.2) is 13.1 Å². The summed E-state index contributed by atoms with van der Waals surface area (Å²) in [5.74, 6) is 0. The first-order valence-corrected chi connectivity index (χ1v) is 8.77. The molecule has 5 atom stereocenters. The van der Waals surface area contributed by atoms with Gasteiger partial charge in [-0.05, 0) is 18.6 Å². The van der Waals surface area contributed by atoms with Crippen molar-refractivity contribution < 1.29 is 28.5 Å². The summed E-state index contributed by atoms with van der Waals surface area (Å²) in [6.07, 6.45) is -4.17. The minimum atomic E-state index is -3.72. The lowest BCUT2D eigenvalue weighted by molar-refractivity contribution is -0.214. The molecule has 2 unspecified atom stereocenters. The number of benzene rings is 1. The van der Waals surface area contributed by atoms with Gasteiger partial charge in [0.2, 0.25) is 10.0 Å². The van der Waals surface area contributed by atoms with E-state index in [1.165, 1.54) is 13.0 Å². The largest absolute Gasteiger partial charge is 0.388 e. The van der Waals surface area contributed by atoms with Crippen molar-refractivity contribution in [3.05, 3.63) is 41.3 Å². The second-order valence-electron chi connectivity index (χ2n) is 5.46. The van der Waals surface area contributed by atoms with Crippen LogP contribution in [0.25, 0.3) is 6.08 Å². The van der Waals surface area contributed by atoms with Gasteiger partial charge in [-0.3, -0.25) is 0 Å². The van der Waals surface area contributed by atoms with Gasteiger partial charge in [0.05, 0.1) is 6.10 Å². The molecular formula is C15H21NO6S. The number of aliphatic hydroxyl groups excluding tert-OH is 3. The van der Waals surface area contributed by atoms with Crippen LogP contribution in [0.2, 0.25) is 0 Å². The van der Waals surface area contributed by atoms with E-state index in [4.69, 9.17) is 4.74 Å². The SMILES string of the molecule is CC1O[C@H](CNS(=O)(=O)/C=C/c2ccccc2)C(O)[C@@H](O)[C@@H]1O. The van der Waals surface area contributed by atoms with Gasteiger partial charge in [0.15, 0.2) is 0 Å². The van der Waals surface area contributed by atoms with Crippen LogP contribution in [-0.4, -0.2) is 60.8 Å². The standard InChI is InChI=1S/C15H21NO6S/c1-10-13(17)15(19)14(18)12(22-10)9-16-23(20,21)8-7-11-5-3-2-4-6-11/h2-8,10,12-19H,9H2,1H3/b8-7+/t10?,12-,13-,14?,15+/m1/s1. The third-order valence-corrected chi connectivity index (χ3v) is 4.74. The Hall–Kier alpha value is -1.29. The summed E-state index contributed by atoms with van der Waals surface area (Å²) in [4.78, 5) is 0. The van der Waals surface area contributed by atoms with Gasteiger partial charge in [-0.2, -0.15) is 0 Å². The van der Waals surface area contributed by atoms with Crippen LogP contribution in [-0.2, 0) is 14.8 Å². The number of aliphatic hydroxyl groups is 3. The topological polar surface area (TPSA) is 116 Å². The lowest BCUT2D eigenvalue weighted by Gasteiger charge is -2.39. The van der Waals surface area contributed by atoms with Gasteiger partial charge in [0.25, 0.3) is 0 Å². The Morgan fingerprint density at radius 1 is 1.13 bits per heavy atom. The minimum absolute atomic E-state index is 0.212. The second-order valence-corrected chi connectivity index (χ2v) is 7.11. The van der Waals surface area contributed by atoms with Crippen LogP contribution in [0.15, 0.2) is 35.7 Å². The molecule has 2 rings (SSSR count). The summed E-state index contributed by atoms with van der Waals surface area (Å²) in [6.45, 7) is 1.33. The average Bonchev–Trinajstić information content (AvgIpc) is 2.54. The van der Waals surface area contributed by atoms with Crippen molar-refractivity contribution in [2.45, 2.75) is 37.4 Å². The predicted octanol–water partition coefficient (Wildman–Crippen LogP) is -0.553. The van der Waals surface area contributed by atoms with E-state index < -0.39 is 40.5 Å². The molecule has 128 valence electrons. The van der Waals surface area contributed by atoms with Crippen LogP contribution in [0.5, 0.6) is 0 Å². The van der Waals surface area contributed by atoms with Crippen LogP contribution in [0.3, 0.4) is 0 Å². The number of hydrogen-bond donors (Lipinski definition) is 4. The van der Waals surface area contributed by atoms with Crippen LogP contribution in [0, 0.1) is 0 Å². The van der Waals surface area contributed by atoms with Crippen LogP contribution in [0.4, 0.5) is 0 Å². The molecular weight excluding hydrogens is 322 g/mol. The quantitative estimate of drug-likeness (QED) is 0.570. The molecule has 1 aromatic carbocycles. The van der Waals surface area contributed by atoms with E-state index in [2.05, 4.69) is 4.72 Å². The number of hydrogen-bond acceptors (Lipinski definition) is 6. The molecule has 0 saturated carbocycles. The zero-order valence-corrected chi connectivity index (χ0v) is 13.4. The van der Waals surface area contributed by atoms with E-state index in [-0.39, 0.29) is 6.54 Å². The first kappa shape index (κ1) is 18.1. The van der Waals surface area contributed by atoms with Gasteiger partial charge >= 0.3 is 0 Å². The van der Waals surface area contributed by atoms with E-state index in [1.54, 1.807) is 24.3 Å². The normalized spacial score (nSPS) is 32.3. The molecule has 0 bridgehead atoms. The summed E-state index contributed by atoms with van der Waals surface area (Å²) in [5.41, 5.74) is 0.735. The number of ether oxygens (including phenoxy) is 1. The average molecular weight is 343 g/mol. The smallest absolute Gasteiger partial charge is 0.233 e. The van der Waals surface area contributed by atoms with Crippen LogP contribution < -0.4 is 4.72 Å². The first-order valence-electron chi connectivity index (χ1n) is 7.22. The molecule has 0 aromatic heterocycles. The molecule has 0 amide bonds. The number of nitrogens with one attached hydrogen (secondary N) is 1. The van der Waals surface area contributed by atoms with Gasteiger partial charge < -0.3 is 20.1 Å². The molecule has 4 N–H and O–H groups in total. The molecule has 0 aliphatic carbocycles. The molecule has 1 fully saturated rings. The van der Waals surface area contributed by atoms with E-state index >= 15 is 0 Å². The molecule has 23 heavy (non-hydrogen) atoms. The Morgan fingerprint density at radius 3 is 2.43 bits per heavy atom. The fourth-order valence-corrected chi connectivity index (χ4v) is 3.11. The van der Waals surface area contributed by atoms with E-state index in [1.807, 2.05) is 6.07 Å². The molecule has 7 nitrogen and oxygen atoms in total. The highest BCUT2D eigenvalue weighted by Crippen LogP contribution is 2.20. The van der Waals surface area contributed by atoms with Crippen LogP contribution in [0.1, 0.15) is 12.5 Å². The summed E-state index contributed by atoms with van der Waals surface area (Å²) in [5, 5.41) is 30.1. The summed E-state index contributed by atoms with van der Waals surface area (Å²) >= 11 is 0. The van der Waals surface area contributed by atoms with E-state index in [0.717, 1.165) is 11.0 Å². The lowest BCUT2D eigenvalue weighted by Crippen LogP contribution is -2.59. The highest BCUT2D eigenvalue weighted by Gasteiger charge is 2.41. The van der Waals surface area contributed by atoms with Crippen LogP contribution >= 0.6 is 0 Å². The predicted molar refractivity (Wildman–Crippen MR) is 84.8 cm³/mol. The molecule has 0 spiro atoms. The molecule has 1 aromatic rings. The lowest BCUT2D eigenvalue weighted by atomic mass is 9.96. The molecule has 8 heteroatoms. The Morgan fingerprint density at radius 2 is 1.78 bits per heavy atom. The zero-order valence-electron chi connectivity index (χ0n) is 12.6. The van der Waals surface area contributed by atoms with Gasteiger partial charge in [0, 0.05) is 12.0 Å². The van der Waals surface area contributed by atoms with Crippen molar-refractivity contribution in [2.24, 2.45) is 0 Å². The van der Waals surface area contributed by atoms with Gasteiger partial charge in [-0.15, -0.1) is 0 Å². The minimum Gasteiger partial charge on any atom is -0.388 e. The maximum Gasteiger partial charge on any atom is 0.233 e. The molecule has 1 aliphatic rings. The highest BCUT2D eigenvalue weighted by molar-refractivity contribution is 7.92. The Bertz CT molecular complexity index is 633. The second kappa shape index (κ2) is 7.52. The molecule has 0 radical (unpaired) electrons. The molecule has 1 saturated heterocycles. The van der Waals surface area contributed by atoms with E-state index in [9.17, 15) is 23.7 Å². The monoisotopic (exact) mass is 343 g/mol. The Kier molecular flexibility index (Phi) is 5.90. The summed E-state index contributed by atoms with van der Waals surface area (Å²) < 4.78 is 31.5. The number of sulfonamides is 1. The van der Waals surface area contributed by atoms with Gasteiger partial charge in [0.1, 0.15) is 24.4 Å². The van der Waals surface area contributed by atoms with Crippen molar-refractivity contribution in [2.75, 3.05) is 6.54 Å². The van der Waals surface area contributed by atoms with Crippen molar-refractivity contribution in [1.82, 2.24) is 4.72 Å². The van der Waals surface area contributed by atoms with Crippen molar-refractivity contribution >= 4 is 16.1 Å². The fraction of sp³-hybridized carbons (Fsp3) is 0.467. The Balaban J connectivity index is 1.95. The third-order valence-electron chi connectivity index (χ3n) is 3.68. The fourth-order valence-electron chi connectivity index (χ4n) is 2.28. The molecule has 1 heterocycles. The number of rotatable bonds is 5. The van der Waals surface area contributed by atoms with Crippen molar-refractivity contribution in [3.63, 3.8) is 0 Å². The van der Waals surface area contributed by atoms with Crippen molar-refractivity contribution in [3.8, 4) is 0 Å². The summed E-state index contributed by atoms with van der Waals surface area (Å²) in [7, 11) is -3.72. The van der Waals surface area contributed by atoms with Crippen molar-refractivity contribution in [1.29, 1.82) is 0 Å². The van der Waals surface area contributed by atoms with Gasteiger partial charge in [-0.1, -0.05) is 30.3 Å². The first-order chi connectivity index (χ1) is 10.8. The highest BCUT2D eigenvalue weighted by atomic mass is 32.2. The Labute approximate surface area is 135 Å². The summed E-state index contributed by atoms with van der Waals surface area (Å²) in [6, 6.07) is 8.94.